The van der Waals surface area contributed by atoms with Crippen LogP contribution in [0.2, 0.25) is 0 Å². The van der Waals surface area contributed by atoms with Crippen molar-refractivity contribution in [3.8, 4) is 11.5 Å². The number of amides is 1. The summed E-state index contributed by atoms with van der Waals surface area (Å²) in [6, 6.07) is 9.40. The number of methoxy groups -OCH3 is 1. The minimum absolute atomic E-state index is 0.297. The van der Waals surface area contributed by atoms with Crippen LogP contribution < -0.4 is 14.9 Å². The van der Waals surface area contributed by atoms with Gasteiger partial charge in [0.05, 0.1) is 19.9 Å². The summed E-state index contributed by atoms with van der Waals surface area (Å²) in [5.74, 6) is 1.25. The molecule has 23 heavy (non-hydrogen) atoms. The minimum Gasteiger partial charge on any atom is -0.493 e. The van der Waals surface area contributed by atoms with E-state index in [1.54, 1.807) is 37.5 Å². The van der Waals surface area contributed by atoms with E-state index in [4.69, 9.17) is 14.2 Å². The van der Waals surface area contributed by atoms with Gasteiger partial charge in [-0.1, -0.05) is 6.07 Å². The van der Waals surface area contributed by atoms with Gasteiger partial charge < -0.3 is 14.2 Å². The Morgan fingerprint density at radius 1 is 1.35 bits per heavy atom. The lowest BCUT2D eigenvalue weighted by Crippen LogP contribution is -2.18. The number of benzene rings is 1. The van der Waals surface area contributed by atoms with E-state index in [1.165, 1.54) is 6.21 Å². The number of carbonyl (C=O) groups excluding carboxylic acids is 1. The SMILES string of the molecule is CCOC(=O)N/N=C\c1ccc(OCc2cccs2)c(OC)c1. The highest BCUT2D eigenvalue weighted by molar-refractivity contribution is 7.09. The van der Waals surface area contributed by atoms with Gasteiger partial charge in [0.15, 0.2) is 11.5 Å². The molecule has 0 aliphatic heterocycles. The molecule has 6 nitrogen and oxygen atoms in total. The molecule has 0 bridgehead atoms. The Morgan fingerprint density at radius 2 is 2.22 bits per heavy atom. The molecular weight excluding hydrogens is 316 g/mol. The Morgan fingerprint density at radius 3 is 2.91 bits per heavy atom. The summed E-state index contributed by atoms with van der Waals surface area (Å²) >= 11 is 1.64. The number of ether oxygens (including phenoxy) is 3. The third-order valence-corrected chi connectivity index (χ3v) is 3.63. The highest BCUT2D eigenvalue weighted by Gasteiger charge is 2.06. The second-order valence-electron chi connectivity index (χ2n) is 4.37. The van der Waals surface area contributed by atoms with Gasteiger partial charge in [0.25, 0.3) is 0 Å². The van der Waals surface area contributed by atoms with Gasteiger partial charge in [-0.25, -0.2) is 10.2 Å². The first-order valence-electron chi connectivity index (χ1n) is 7.02. The maximum Gasteiger partial charge on any atom is 0.427 e. The highest BCUT2D eigenvalue weighted by Crippen LogP contribution is 2.28. The second kappa shape index (κ2) is 8.79. The van der Waals surface area contributed by atoms with Crippen molar-refractivity contribution in [2.24, 2.45) is 5.10 Å². The Labute approximate surface area is 138 Å². The predicted molar refractivity (Wildman–Crippen MR) is 89.4 cm³/mol. The average molecular weight is 334 g/mol. The van der Waals surface area contributed by atoms with Crippen molar-refractivity contribution in [3.63, 3.8) is 0 Å². The van der Waals surface area contributed by atoms with E-state index in [-0.39, 0.29) is 0 Å². The van der Waals surface area contributed by atoms with Gasteiger partial charge in [0, 0.05) is 4.88 Å². The molecule has 122 valence electrons. The zero-order valence-electron chi connectivity index (χ0n) is 12.9. The first-order chi connectivity index (χ1) is 11.2. The van der Waals surface area contributed by atoms with Gasteiger partial charge >= 0.3 is 6.09 Å². The van der Waals surface area contributed by atoms with Gasteiger partial charge in [0.2, 0.25) is 0 Å². The molecule has 2 aromatic rings. The molecule has 0 aliphatic carbocycles. The summed E-state index contributed by atoms with van der Waals surface area (Å²) in [5.41, 5.74) is 3.03. The fourth-order valence-electron chi connectivity index (χ4n) is 1.75. The molecule has 0 spiro atoms. The molecule has 1 N–H and O–H groups in total. The lowest BCUT2D eigenvalue weighted by molar-refractivity contribution is 0.152. The molecule has 0 aliphatic rings. The van der Waals surface area contributed by atoms with Crippen molar-refractivity contribution in [1.82, 2.24) is 5.43 Å². The Bertz CT molecular complexity index is 656. The van der Waals surface area contributed by atoms with Crippen molar-refractivity contribution in [2.75, 3.05) is 13.7 Å². The first kappa shape index (κ1) is 16.8. The number of hydrazone groups is 1. The average Bonchev–Trinajstić information content (AvgIpc) is 3.07. The van der Waals surface area contributed by atoms with Crippen LogP contribution >= 0.6 is 11.3 Å². The number of thiophene rings is 1. The third-order valence-electron chi connectivity index (χ3n) is 2.78. The molecule has 0 saturated heterocycles. The number of hydrogen-bond acceptors (Lipinski definition) is 6. The van der Waals surface area contributed by atoms with E-state index in [2.05, 4.69) is 10.5 Å². The van der Waals surface area contributed by atoms with Crippen molar-refractivity contribution in [2.45, 2.75) is 13.5 Å². The van der Waals surface area contributed by atoms with Crippen LogP contribution in [-0.4, -0.2) is 26.0 Å². The maximum atomic E-state index is 11.1. The van der Waals surface area contributed by atoms with Crippen molar-refractivity contribution >= 4 is 23.6 Å². The normalized spacial score (nSPS) is 10.5. The van der Waals surface area contributed by atoms with E-state index in [1.807, 2.05) is 23.6 Å². The molecule has 0 fully saturated rings. The standard InChI is InChI=1S/C16H18N2O4S/c1-3-21-16(19)18-17-10-12-6-7-14(15(9-12)20-2)22-11-13-5-4-8-23-13/h4-10H,3,11H2,1-2H3,(H,18,19)/b17-10-. The van der Waals surface area contributed by atoms with E-state index in [0.29, 0.717) is 24.7 Å². The molecule has 1 aromatic carbocycles. The summed E-state index contributed by atoms with van der Waals surface area (Å²) in [4.78, 5) is 12.3. The zero-order valence-corrected chi connectivity index (χ0v) is 13.8. The van der Waals surface area contributed by atoms with Crippen LogP contribution in [-0.2, 0) is 11.3 Å². The molecule has 0 atom stereocenters. The van der Waals surface area contributed by atoms with Crippen LogP contribution in [0.4, 0.5) is 4.79 Å². The maximum absolute atomic E-state index is 11.1. The number of nitrogens with one attached hydrogen (secondary N) is 1. The quantitative estimate of drug-likeness (QED) is 0.622. The third kappa shape index (κ3) is 5.30. The van der Waals surface area contributed by atoms with E-state index < -0.39 is 6.09 Å². The molecule has 7 heteroatoms. The van der Waals surface area contributed by atoms with Gasteiger partial charge in [-0.3, -0.25) is 0 Å². The fraction of sp³-hybridized carbons (Fsp3) is 0.250. The van der Waals surface area contributed by atoms with Gasteiger partial charge in [-0.2, -0.15) is 5.10 Å². The Kier molecular flexibility index (Phi) is 6.43. The number of nitrogens with zero attached hydrogens (tertiary/aromatic N) is 1. The van der Waals surface area contributed by atoms with E-state index in [0.717, 1.165) is 10.4 Å². The smallest absolute Gasteiger partial charge is 0.427 e. The number of rotatable bonds is 7. The first-order valence-corrected chi connectivity index (χ1v) is 7.90. The fourth-order valence-corrected chi connectivity index (χ4v) is 2.37. The molecule has 2 rings (SSSR count). The lowest BCUT2D eigenvalue weighted by Gasteiger charge is -2.10. The highest BCUT2D eigenvalue weighted by atomic mass is 32.1. The molecule has 0 radical (unpaired) electrons. The van der Waals surface area contributed by atoms with Crippen LogP contribution in [0.25, 0.3) is 0 Å². The number of hydrogen-bond donors (Lipinski definition) is 1. The summed E-state index contributed by atoms with van der Waals surface area (Å²) < 4.78 is 15.8. The van der Waals surface area contributed by atoms with Crippen molar-refractivity contribution < 1.29 is 19.0 Å². The van der Waals surface area contributed by atoms with Crippen molar-refractivity contribution in [1.29, 1.82) is 0 Å². The summed E-state index contributed by atoms with van der Waals surface area (Å²) in [6.45, 7) is 2.51. The van der Waals surface area contributed by atoms with Crippen LogP contribution in [0.3, 0.4) is 0 Å². The molecular formula is C16H18N2O4S. The summed E-state index contributed by atoms with van der Waals surface area (Å²) in [6.07, 6.45) is 0.911. The second-order valence-corrected chi connectivity index (χ2v) is 5.40. The largest absolute Gasteiger partial charge is 0.493 e. The number of carbonyl (C=O) groups is 1. The van der Waals surface area contributed by atoms with Crippen molar-refractivity contribution in [3.05, 3.63) is 46.2 Å². The topological polar surface area (TPSA) is 69.2 Å². The van der Waals surface area contributed by atoms with Gasteiger partial charge in [0.1, 0.15) is 6.61 Å². The van der Waals surface area contributed by atoms with Gasteiger partial charge in [-0.15, -0.1) is 11.3 Å². The van der Waals surface area contributed by atoms with Crippen LogP contribution in [0.15, 0.2) is 40.8 Å². The Balaban J connectivity index is 1.98. The zero-order chi connectivity index (χ0) is 16.5. The summed E-state index contributed by atoms with van der Waals surface area (Å²) in [7, 11) is 1.57. The van der Waals surface area contributed by atoms with Crippen LogP contribution in [0, 0.1) is 0 Å². The summed E-state index contributed by atoms with van der Waals surface area (Å²) in [5, 5.41) is 5.81. The molecule has 1 amide bonds. The van der Waals surface area contributed by atoms with Gasteiger partial charge in [-0.05, 0) is 42.1 Å². The van der Waals surface area contributed by atoms with Crippen LogP contribution in [0.1, 0.15) is 17.4 Å². The molecule has 0 unspecified atom stereocenters. The molecule has 1 aromatic heterocycles. The van der Waals surface area contributed by atoms with E-state index in [9.17, 15) is 4.79 Å². The predicted octanol–water partition coefficient (Wildman–Crippen LogP) is 3.42. The van der Waals surface area contributed by atoms with Crippen LogP contribution in [0.5, 0.6) is 11.5 Å². The monoisotopic (exact) mass is 334 g/mol. The molecule has 0 saturated carbocycles. The molecule has 1 heterocycles. The van der Waals surface area contributed by atoms with E-state index >= 15 is 0 Å². The minimum atomic E-state index is -0.591. The lowest BCUT2D eigenvalue weighted by atomic mass is 10.2. The Hall–Kier alpha value is -2.54.